The van der Waals surface area contributed by atoms with Crippen molar-refractivity contribution in [3.8, 4) is 16.9 Å². The minimum atomic E-state index is -0.519. The Hall–Kier alpha value is -3.47. The summed E-state index contributed by atoms with van der Waals surface area (Å²) in [6.45, 7) is 1.22. The molecule has 5 heteroatoms. The molecule has 0 aliphatic heterocycles. The predicted octanol–water partition coefficient (Wildman–Crippen LogP) is 4.78. The fourth-order valence-electron chi connectivity index (χ4n) is 2.52. The molecule has 0 radical (unpaired) electrons. The van der Waals surface area contributed by atoms with Gasteiger partial charge in [-0.15, -0.1) is 0 Å². The van der Waals surface area contributed by atoms with Gasteiger partial charge in [0.2, 0.25) is 0 Å². The number of hydrogen-bond donors (Lipinski definition) is 0. The second kappa shape index (κ2) is 8.27. The van der Waals surface area contributed by atoms with Crippen molar-refractivity contribution in [2.24, 2.45) is 0 Å². The molecule has 0 heterocycles. The molecule has 3 aromatic carbocycles. The van der Waals surface area contributed by atoms with Gasteiger partial charge in [0, 0.05) is 12.5 Å². The molecule has 0 aliphatic carbocycles. The first-order valence-electron chi connectivity index (χ1n) is 8.32. The molecule has 4 nitrogen and oxygen atoms in total. The van der Waals surface area contributed by atoms with Crippen LogP contribution in [-0.2, 0) is 16.1 Å². The van der Waals surface area contributed by atoms with E-state index in [0.29, 0.717) is 16.9 Å². The van der Waals surface area contributed by atoms with Crippen LogP contribution in [0.2, 0.25) is 0 Å². The molecule has 0 unspecified atom stereocenters. The number of ether oxygens (including phenoxy) is 2. The van der Waals surface area contributed by atoms with Gasteiger partial charge in [-0.05, 0) is 41.5 Å². The highest BCUT2D eigenvalue weighted by Gasteiger charge is 2.10. The minimum Gasteiger partial charge on any atom is -0.457 e. The molecule has 0 aromatic heterocycles. The SMILES string of the molecule is CC(=O)Oc1ccc(-c2ccc(C(=O)OCc3ccccc3F)cc2)cc1. The lowest BCUT2D eigenvalue weighted by Crippen LogP contribution is -2.06. The summed E-state index contributed by atoms with van der Waals surface area (Å²) in [7, 11) is 0. The predicted molar refractivity (Wildman–Crippen MR) is 98.7 cm³/mol. The second-order valence-corrected chi connectivity index (χ2v) is 5.86. The van der Waals surface area contributed by atoms with Crippen LogP contribution in [0.5, 0.6) is 5.75 Å². The smallest absolute Gasteiger partial charge is 0.338 e. The molecule has 0 N–H and O–H groups in total. The average Bonchev–Trinajstić information content (AvgIpc) is 2.67. The molecule has 0 spiro atoms. The normalized spacial score (nSPS) is 10.3. The lowest BCUT2D eigenvalue weighted by molar-refractivity contribution is -0.131. The van der Waals surface area contributed by atoms with Gasteiger partial charge in [-0.3, -0.25) is 4.79 Å². The molecule has 27 heavy (non-hydrogen) atoms. The second-order valence-electron chi connectivity index (χ2n) is 5.86. The topological polar surface area (TPSA) is 52.6 Å². The van der Waals surface area contributed by atoms with Crippen molar-refractivity contribution in [3.63, 3.8) is 0 Å². The fraction of sp³-hybridized carbons (Fsp3) is 0.0909. The molecule has 0 aliphatic rings. The third-order valence-corrected chi connectivity index (χ3v) is 3.89. The molecule has 0 saturated heterocycles. The molecular weight excluding hydrogens is 347 g/mol. The maximum absolute atomic E-state index is 13.6. The van der Waals surface area contributed by atoms with Crippen molar-refractivity contribution in [1.82, 2.24) is 0 Å². The number of esters is 2. The highest BCUT2D eigenvalue weighted by Crippen LogP contribution is 2.23. The lowest BCUT2D eigenvalue weighted by atomic mass is 10.0. The molecule has 0 amide bonds. The standard InChI is InChI=1S/C22H17FO4/c1-15(24)27-20-12-10-17(11-13-20)16-6-8-18(9-7-16)22(25)26-14-19-4-2-3-5-21(19)23/h2-13H,14H2,1H3. The van der Waals surface area contributed by atoms with Gasteiger partial charge in [0.15, 0.2) is 0 Å². The highest BCUT2D eigenvalue weighted by atomic mass is 19.1. The maximum atomic E-state index is 13.6. The van der Waals surface area contributed by atoms with Crippen LogP contribution in [0.25, 0.3) is 11.1 Å². The van der Waals surface area contributed by atoms with Crippen LogP contribution in [0.15, 0.2) is 72.8 Å². The van der Waals surface area contributed by atoms with E-state index in [2.05, 4.69) is 0 Å². The number of benzene rings is 3. The Bertz CT molecular complexity index is 947. The van der Waals surface area contributed by atoms with Crippen LogP contribution in [0, 0.1) is 5.82 Å². The maximum Gasteiger partial charge on any atom is 0.338 e. The van der Waals surface area contributed by atoms with Crippen molar-refractivity contribution in [3.05, 3.63) is 89.7 Å². The van der Waals surface area contributed by atoms with E-state index >= 15 is 0 Å². The van der Waals surface area contributed by atoms with E-state index in [1.165, 1.54) is 13.0 Å². The van der Waals surface area contributed by atoms with E-state index < -0.39 is 11.8 Å². The summed E-state index contributed by atoms with van der Waals surface area (Å²) in [6, 6.07) is 20.1. The van der Waals surface area contributed by atoms with Crippen molar-refractivity contribution >= 4 is 11.9 Å². The Labute approximate surface area is 156 Å². The van der Waals surface area contributed by atoms with Gasteiger partial charge in [-0.1, -0.05) is 42.5 Å². The van der Waals surface area contributed by atoms with E-state index in [4.69, 9.17) is 9.47 Å². The molecule has 3 aromatic rings. The molecule has 3 rings (SSSR count). The van der Waals surface area contributed by atoms with E-state index in [-0.39, 0.29) is 12.6 Å². The first-order chi connectivity index (χ1) is 13.0. The monoisotopic (exact) mass is 364 g/mol. The summed E-state index contributed by atoms with van der Waals surface area (Å²) in [5, 5.41) is 0. The minimum absolute atomic E-state index is 0.120. The Morgan fingerprint density at radius 1 is 0.852 bits per heavy atom. The quantitative estimate of drug-likeness (QED) is 0.483. The largest absolute Gasteiger partial charge is 0.457 e. The first kappa shape index (κ1) is 18.3. The molecule has 136 valence electrons. The average molecular weight is 364 g/mol. The van der Waals surface area contributed by atoms with Gasteiger partial charge in [0.05, 0.1) is 5.56 Å². The zero-order valence-corrected chi connectivity index (χ0v) is 14.6. The first-order valence-corrected chi connectivity index (χ1v) is 8.32. The van der Waals surface area contributed by atoms with Gasteiger partial charge in [-0.2, -0.15) is 0 Å². The molecule has 0 saturated carbocycles. The summed E-state index contributed by atoms with van der Waals surface area (Å²) < 4.78 is 23.7. The van der Waals surface area contributed by atoms with Crippen molar-refractivity contribution in [2.75, 3.05) is 0 Å². The van der Waals surface area contributed by atoms with Gasteiger partial charge < -0.3 is 9.47 Å². The van der Waals surface area contributed by atoms with Crippen molar-refractivity contribution in [1.29, 1.82) is 0 Å². The Kier molecular flexibility index (Phi) is 5.61. The summed E-state index contributed by atoms with van der Waals surface area (Å²) in [4.78, 5) is 23.1. The molecular formula is C22H17FO4. The Morgan fingerprint density at radius 2 is 1.44 bits per heavy atom. The number of hydrogen-bond acceptors (Lipinski definition) is 4. The van der Waals surface area contributed by atoms with E-state index in [0.717, 1.165) is 11.1 Å². The van der Waals surface area contributed by atoms with Crippen LogP contribution in [0.1, 0.15) is 22.8 Å². The molecule has 0 bridgehead atoms. The summed E-state index contributed by atoms with van der Waals surface area (Å²) in [5.41, 5.74) is 2.52. The van der Waals surface area contributed by atoms with Crippen LogP contribution in [-0.4, -0.2) is 11.9 Å². The van der Waals surface area contributed by atoms with Gasteiger partial charge in [-0.25, -0.2) is 9.18 Å². The van der Waals surface area contributed by atoms with Crippen LogP contribution in [0.3, 0.4) is 0 Å². The summed E-state index contributed by atoms with van der Waals surface area (Å²) in [6.07, 6.45) is 0. The van der Waals surface area contributed by atoms with E-state index in [9.17, 15) is 14.0 Å². The summed E-state index contributed by atoms with van der Waals surface area (Å²) >= 11 is 0. The zero-order valence-electron chi connectivity index (χ0n) is 14.6. The molecule has 0 fully saturated rings. The van der Waals surface area contributed by atoms with Crippen LogP contribution in [0.4, 0.5) is 4.39 Å². The van der Waals surface area contributed by atoms with Gasteiger partial charge >= 0.3 is 11.9 Å². The van der Waals surface area contributed by atoms with E-state index in [1.54, 1.807) is 54.6 Å². The zero-order chi connectivity index (χ0) is 19.2. The number of carbonyl (C=O) groups excluding carboxylic acids is 2. The van der Waals surface area contributed by atoms with Crippen LogP contribution < -0.4 is 4.74 Å². The van der Waals surface area contributed by atoms with E-state index in [1.807, 2.05) is 12.1 Å². The fourth-order valence-corrected chi connectivity index (χ4v) is 2.52. The molecule has 0 atom stereocenters. The van der Waals surface area contributed by atoms with Gasteiger partial charge in [0.1, 0.15) is 18.2 Å². The number of carbonyl (C=O) groups is 2. The summed E-state index contributed by atoms with van der Waals surface area (Å²) in [5.74, 6) is -0.826. The Balaban J connectivity index is 1.65. The third kappa shape index (κ3) is 4.79. The lowest BCUT2D eigenvalue weighted by Gasteiger charge is -2.07. The van der Waals surface area contributed by atoms with Gasteiger partial charge in [0.25, 0.3) is 0 Å². The highest BCUT2D eigenvalue weighted by molar-refractivity contribution is 5.90. The third-order valence-electron chi connectivity index (χ3n) is 3.89. The number of rotatable bonds is 5. The van der Waals surface area contributed by atoms with Crippen molar-refractivity contribution < 1.29 is 23.5 Å². The Morgan fingerprint density at radius 3 is 2.04 bits per heavy atom. The van der Waals surface area contributed by atoms with Crippen LogP contribution >= 0.6 is 0 Å². The number of halogens is 1. The van der Waals surface area contributed by atoms with Crippen molar-refractivity contribution in [2.45, 2.75) is 13.5 Å².